The van der Waals surface area contributed by atoms with Gasteiger partial charge < -0.3 is 25.6 Å². The van der Waals surface area contributed by atoms with Crippen LogP contribution in [0.5, 0.6) is 0 Å². The molecule has 0 radical (unpaired) electrons. The summed E-state index contributed by atoms with van der Waals surface area (Å²) in [6.07, 6.45) is -0.633. The van der Waals surface area contributed by atoms with Crippen LogP contribution in [0.15, 0.2) is 0 Å². The Morgan fingerprint density at radius 3 is 1.85 bits per heavy atom. The average molecular weight is 374 g/mol. The van der Waals surface area contributed by atoms with Gasteiger partial charge in [-0.3, -0.25) is 14.4 Å². The average Bonchev–Trinajstić information content (AvgIpc) is 2.39. The van der Waals surface area contributed by atoms with Crippen LogP contribution < -0.4 is 11.1 Å². The van der Waals surface area contributed by atoms with Gasteiger partial charge in [0.05, 0.1) is 12.5 Å². The molecule has 0 rings (SSSR count). The predicted octanol–water partition coefficient (Wildman–Crippen LogP) is 0.737. The summed E-state index contributed by atoms with van der Waals surface area (Å²) in [6.45, 7) is 10.1. The molecule has 0 heterocycles. The molecule has 0 unspecified atom stereocenters. The van der Waals surface area contributed by atoms with Crippen molar-refractivity contribution >= 4 is 23.8 Å². The first kappa shape index (κ1) is 23.8. The molecule has 0 aliphatic rings. The van der Waals surface area contributed by atoms with E-state index in [1.165, 1.54) is 0 Å². The van der Waals surface area contributed by atoms with Gasteiger partial charge in [-0.25, -0.2) is 4.79 Å². The Hall–Kier alpha value is -2.16. The van der Waals surface area contributed by atoms with Gasteiger partial charge in [-0.05, 0) is 48.0 Å². The number of hydrogen-bond acceptors (Lipinski definition) is 7. The summed E-state index contributed by atoms with van der Waals surface area (Å²) < 4.78 is 10.1. The van der Waals surface area contributed by atoms with Crippen molar-refractivity contribution in [1.29, 1.82) is 0 Å². The molecule has 9 nitrogen and oxygen atoms in total. The molecule has 2 atom stereocenters. The van der Waals surface area contributed by atoms with Crippen LogP contribution in [0.4, 0.5) is 0 Å². The molecular formula is C17H30N2O7. The van der Waals surface area contributed by atoms with Gasteiger partial charge in [0.2, 0.25) is 5.91 Å². The van der Waals surface area contributed by atoms with Crippen LogP contribution in [0.1, 0.15) is 60.8 Å². The fourth-order valence-electron chi connectivity index (χ4n) is 1.83. The molecule has 0 aromatic heterocycles. The highest BCUT2D eigenvalue weighted by atomic mass is 16.6. The molecule has 0 fully saturated rings. The van der Waals surface area contributed by atoms with Gasteiger partial charge in [-0.15, -0.1) is 0 Å². The van der Waals surface area contributed by atoms with Crippen molar-refractivity contribution in [3.63, 3.8) is 0 Å². The lowest BCUT2D eigenvalue weighted by atomic mass is 10.1. The van der Waals surface area contributed by atoms with Crippen LogP contribution in [-0.2, 0) is 28.7 Å². The molecule has 0 aliphatic carbocycles. The van der Waals surface area contributed by atoms with Crippen LogP contribution >= 0.6 is 0 Å². The number of nitrogens with two attached hydrogens (primary N) is 1. The molecule has 0 bridgehead atoms. The molecule has 150 valence electrons. The van der Waals surface area contributed by atoms with E-state index in [9.17, 15) is 19.2 Å². The van der Waals surface area contributed by atoms with Crippen LogP contribution in [0, 0.1) is 0 Å². The molecule has 9 heteroatoms. The van der Waals surface area contributed by atoms with Crippen molar-refractivity contribution in [3.8, 4) is 0 Å². The molecule has 0 saturated carbocycles. The first-order valence-corrected chi connectivity index (χ1v) is 8.33. The van der Waals surface area contributed by atoms with E-state index in [4.69, 9.17) is 20.3 Å². The lowest BCUT2D eigenvalue weighted by Gasteiger charge is -2.22. The number of carboxylic acids is 1. The molecule has 0 aromatic rings. The van der Waals surface area contributed by atoms with Crippen molar-refractivity contribution in [3.05, 3.63) is 0 Å². The molecular weight excluding hydrogens is 344 g/mol. The normalized spacial score (nSPS) is 14.1. The Morgan fingerprint density at radius 2 is 1.42 bits per heavy atom. The minimum atomic E-state index is -1.47. The molecule has 26 heavy (non-hydrogen) atoms. The first-order chi connectivity index (χ1) is 11.6. The fourth-order valence-corrected chi connectivity index (χ4v) is 1.83. The number of esters is 2. The van der Waals surface area contributed by atoms with Crippen molar-refractivity contribution < 1.29 is 33.8 Å². The maximum Gasteiger partial charge on any atom is 0.326 e. The number of hydrogen-bond donors (Lipinski definition) is 3. The van der Waals surface area contributed by atoms with Gasteiger partial charge in [0, 0.05) is 6.42 Å². The summed E-state index contributed by atoms with van der Waals surface area (Å²) in [5, 5.41) is 11.3. The van der Waals surface area contributed by atoms with Crippen LogP contribution in [0.2, 0.25) is 0 Å². The van der Waals surface area contributed by atoms with Crippen LogP contribution in [0.25, 0.3) is 0 Å². The maximum absolute atomic E-state index is 12.0. The Balaban J connectivity index is 4.59. The zero-order valence-electron chi connectivity index (χ0n) is 16.3. The third-order valence-electron chi connectivity index (χ3n) is 2.82. The van der Waals surface area contributed by atoms with E-state index >= 15 is 0 Å². The van der Waals surface area contributed by atoms with E-state index in [1.54, 1.807) is 41.5 Å². The highest BCUT2D eigenvalue weighted by Crippen LogP contribution is 2.11. The second kappa shape index (κ2) is 9.51. The zero-order chi connectivity index (χ0) is 20.7. The number of aliphatic carboxylic acids is 1. The highest BCUT2D eigenvalue weighted by molar-refractivity contribution is 5.89. The molecule has 0 saturated heterocycles. The zero-order valence-corrected chi connectivity index (χ0v) is 16.3. The van der Waals surface area contributed by atoms with Crippen molar-refractivity contribution in [2.24, 2.45) is 5.73 Å². The summed E-state index contributed by atoms with van der Waals surface area (Å²) in [5.74, 6) is -3.43. The third-order valence-corrected chi connectivity index (χ3v) is 2.82. The number of amides is 1. The predicted molar refractivity (Wildman–Crippen MR) is 93.1 cm³/mol. The molecule has 0 aliphatic heterocycles. The summed E-state index contributed by atoms with van der Waals surface area (Å²) in [5.41, 5.74) is 4.26. The molecule has 0 spiro atoms. The maximum atomic E-state index is 12.0. The molecule has 0 aromatic carbocycles. The van der Waals surface area contributed by atoms with Gasteiger partial charge >= 0.3 is 17.9 Å². The minimum absolute atomic E-state index is 0.0144. The Morgan fingerprint density at radius 1 is 0.962 bits per heavy atom. The van der Waals surface area contributed by atoms with E-state index in [2.05, 4.69) is 5.32 Å². The monoisotopic (exact) mass is 374 g/mol. The molecule has 1 amide bonds. The second-order valence-electron chi connectivity index (χ2n) is 7.92. The number of ether oxygens (including phenoxy) is 2. The Labute approximate surface area is 153 Å². The highest BCUT2D eigenvalue weighted by Gasteiger charge is 2.28. The number of carboxylic acid groups (broad SMARTS) is 1. The van der Waals surface area contributed by atoms with Crippen LogP contribution in [0.3, 0.4) is 0 Å². The van der Waals surface area contributed by atoms with Gasteiger partial charge in [-0.2, -0.15) is 0 Å². The van der Waals surface area contributed by atoms with Gasteiger partial charge in [0.25, 0.3) is 0 Å². The van der Waals surface area contributed by atoms with E-state index in [-0.39, 0.29) is 12.8 Å². The number of carbonyl (C=O) groups excluding carboxylic acids is 3. The smallest absolute Gasteiger partial charge is 0.326 e. The summed E-state index contributed by atoms with van der Waals surface area (Å²) in [4.78, 5) is 46.6. The van der Waals surface area contributed by atoms with E-state index in [1.807, 2.05) is 0 Å². The van der Waals surface area contributed by atoms with Gasteiger partial charge in [0.1, 0.15) is 17.2 Å². The van der Waals surface area contributed by atoms with Crippen LogP contribution in [-0.4, -0.2) is 52.2 Å². The Kier molecular flexibility index (Phi) is 8.72. The SMILES string of the molecule is CC(C)(C)OC(=O)CC[C@H](N)C(=O)N[C@@H](CC(=O)OC(C)(C)C)C(=O)O. The number of carbonyl (C=O) groups is 4. The minimum Gasteiger partial charge on any atom is -0.480 e. The topological polar surface area (TPSA) is 145 Å². The second-order valence-corrected chi connectivity index (χ2v) is 7.92. The lowest BCUT2D eigenvalue weighted by Crippen LogP contribution is -2.49. The van der Waals surface area contributed by atoms with Crippen molar-refractivity contribution in [2.45, 2.75) is 84.1 Å². The van der Waals surface area contributed by atoms with Crippen molar-refractivity contribution in [2.75, 3.05) is 0 Å². The van der Waals surface area contributed by atoms with E-state index in [0.29, 0.717) is 0 Å². The largest absolute Gasteiger partial charge is 0.480 e. The van der Waals surface area contributed by atoms with Gasteiger partial charge in [0.15, 0.2) is 0 Å². The third kappa shape index (κ3) is 11.4. The fraction of sp³-hybridized carbons (Fsp3) is 0.765. The number of nitrogens with one attached hydrogen (secondary N) is 1. The van der Waals surface area contributed by atoms with E-state index < -0.39 is 53.5 Å². The summed E-state index contributed by atoms with van der Waals surface area (Å²) in [7, 11) is 0. The lowest BCUT2D eigenvalue weighted by molar-refractivity contribution is -0.158. The first-order valence-electron chi connectivity index (χ1n) is 8.33. The number of rotatable bonds is 8. The summed E-state index contributed by atoms with van der Waals surface area (Å²) in [6, 6.07) is -2.58. The molecule has 4 N–H and O–H groups in total. The summed E-state index contributed by atoms with van der Waals surface area (Å²) >= 11 is 0. The van der Waals surface area contributed by atoms with Crippen molar-refractivity contribution in [1.82, 2.24) is 5.32 Å². The van der Waals surface area contributed by atoms with E-state index in [0.717, 1.165) is 0 Å². The quantitative estimate of drug-likeness (QED) is 0.527. The standard InChI is InChI=1S/C17H30N2O7/c1-16(2,3)25-12(20)8-7-10(18)14(22)19-11(15(23)24)9-13(21)26-17(4,5)6/h10-11H,7-9,18H2,1-6H3,(H,19,22)(H,23,24)/t10-,11-/m0/s1. The van der Waals surface area contributed by atoms with Gasteiger partial charge in [-0.1, -0.05) is 0 Å². The Bertz CT molecular complexity index is 532.